The van der Waals surface area contributed by atoms with Crippen molar-refractivity contribution < 1.29 is 19.4 Å². The SMILES string of the molecule is COC(=O)Nc1ccc(-c2cc(C(Cc3ccccc3)NC(=O)C=Cc3cc(Cl)ccc3-n3cnnn3)nnc2CO)cc1. The summed E-state index contributed by atoms with van der Waals surface area (Å²) >= 11 is 6.22. The van der Waals surface area contributed by atoms with E-state index in [0.717, 1.165) is 11.1 Å². The molecule has 1 atom stereocenters. The summed E-state index contributed by atoms with van der Waals surface area (Å²) in [7, 11) is 1.28. The van der Waals surface area contributed by atoms with Gasteiger partial charge in [0.25, 0.3) is 0 Å². The number of nitrogens with one attached hydrogen (secondary N) is 2. The molecule has 5 aromatic rings. The lowest BCUT2D eigenvalue weighted by Gasteiger charge is -2.19. The molecule has 12 nitrogen and oxygen atoms in total. The van der Waals surface area contributed by atoms with Crippen LogP contribution < -0.4 is 10.6 Å². The molecule has 0 saturated heterocycles. The van der Waals surface area contributed by atoms with Crippen LogP contribution in [-0.2, 0) is 22.6 Å². The van der Waals surface area contributed by atoms with E-state index in [0.29, 0.717) is 45.3 Å². The van der Waals surface area contributed by atoms with E-state index in [4.69, 9.17) is 11.6 Å². The number of anilines is 1. The maximum atomic E-state index is 13.3. The van der Waals surface area contributed by atoms with E-state index in [1.807, 2.05) is 30.3 Å². The zero-order valence-corrected chi connectivity index (χ0v) is 24.2. The van der Waals surface area contributed by atoms with Gasteiger partial charge in [0.05, 0.1) is 36.8 Å². The first-order valence-corrected chi connectivity index (χ1v) is 13.8. The minimum absolute atomic E-state index is 0.341. The van der Waals surface area contributed by atoms with Crippen LogP contribution in [0, 0.1) is 0 Å². The molecule has 0 aliphatic heterocycles. The maximum absolute atomic E-state index is 13.3. The second kappa shape index (κ2) is 14.1. The smallest absolute Gasteiger partial charge is 0.411 e. The van der Waals surface area contributed by atoms with Gasteiger partial charge < -0.3 is 15.2 Å². The molecular weight excluding hydrogens is 584 g/mol. The van der Waals surface area contributed by atoms with Gasteiger partial charge in [-0.2, -0.15) is 14.9 Å². The van der Waals surface area contributed by atoms with Gasteiger partial charge in [0, 0.05) is 27.9 Å². The Morgan fingerprint density at radius 3 is 2.55 bits per heavy atom. The number of aliphatic hydroxyl groups is 1. The first-order chi connectivity index (χ1) is 21.4. The van der Waals surface area contributed by atoms with Crippen LogP contribution in [0.3, 0.4) is 0 Å². The molecule has 2 aromatic heterocycles. The second-order valence-corrected chi connectivity index (χ2v) is 9.96. The fourth-order valence-corrected chi connectivity index (χ4v) is 4.66. The van der Waals surface area contributed by atoms with Crippen molar-refractivity contribution >= 4 is 35.4 Å². The third kappa shape index (κ3) is 7.48. The number of halogens is 1. The van der Waals surface area contributed by atoms with Gasteiger partial charge in [-0.25, -0.2) is 4.79 Å². The quantitative estimate of drug-likeness (QED) is 0.193. The van der Waals surface area contributed by atoms with Gasteiger partial charge in [0.15, 0.2) is 0 Å². The topological polar surface area (TPSA) is 157 Å². The third-order valence-corrected chi connectivity index (χ3v) is 6.86. The van der Waals surface area contributed by atoms with Crippen molar-refractivity contribution in [3.63, 3.8) is 0 Å². The van der Waals surface area contributed by atoms with Crippen LogP contribution in [0.15, 0.2) is 91.3 Å². The van der Waals surface area contributed by atoms with Gasteiger partial charge in [-0.05, 0) is 70.4 Å². The highest BCUT2D eigenvalue weighted by atomic mass is 35.5. The molecule has 5 rings (SSSR count). The summed E-state index contributed by atoms with van der Waals surface area (Å²) in [5, 5.41) is 36.1. The molecule has 0 aliphatic rings. The predicted molar refractivity (Wildman–Crippen MR) is 164 cm³/mol. The van der Waals surface area contributed by atoms with Crippen molar-refractivity contribution in [2.75, 3.05) is 12.4 Å². The van der Waals surface area contributed by atoms with Gasteiger partial charge in [-0.1, -0.05) is 54.1 Å². The Labute approximate surface area is 257 Å². The van der Waals surface area contributed by atoms with Crippen molar-refractivity contribution in [1.82, 2.24) is 35.7 Å². The first kappa shape index (κ1) is 30.0. The van der Waals surface area contributed by atoms with Crippen LogP contribution in [-0.4, -0.2) is 54.6 Å². The van der Waals surface area contributed by atoms with E-state index in [1.165, 1.54) is 24.2 Å². The van der Waals surface area contributed by atoms with E-state index >= 15 is 0 Å². The number of amides is 2. The molecule has 222 valence electrons. The second-order valence-electron chi connectivity index (χ2n) is 9.52. The van der Waals surface area contributed by atoms with E-state index in [9.17, 15) is 14.7 Å². The molecule has 2 heterocycles. The number of ether oxygens (including phenoxy) is 1. The number of rotatable bonds is 10. The fraction of sp³-hybridized carbons (Fsp3) is 0.129. The van der Waals surface area contributed by atoms with E-state index in [1.54, 1.807) is 54.6 Å². The molecule has 3 aromatic carbocycles. The van der Waals surface area contributed by atoms with Crippen molar-refractivity contribution in [2.45, 2.75) is 19.1 Å². The standard InChI is InChI=1S/C31H27ClN8O4/c1-44-31(43)34-24-11-7-21(8-12-24)25-17-27(36-37-28(25)18-41)26(15-20-5-3-2-4-6-20)35-30(42)14-9-22-16-23(32)10-13-29(22)40-19-33-38-39-40/h2-14,16-17,19,26,41H,15,18H2,1H3,(H,34,43)(H,35,42). The highest BCUT2D eigenvalue weighted by Gasteiger charge is 2.20. The largest absolute Gasteiger partial charge is 0.453 e. The molecule has 0 aliphatic carbocycles. The van der Waals surface area contributed by atoms with Crippen LogP contribution in [0.25, 0.3) is 22.9 Å². The number of carbonyl (C=O) groups is 2. The Morgan fingerprint density at radius 2 is 1.84 bits per heavy atom. The molecule has 13 heteroatoms. The molecule has 0 bridgehead atoms. The number of aromatic nitrogens is 6. The Hall–Kier alpha value is -5.46. The monoisotopic (exact) mass is 610 g/mol. The zero-order valence-electron chi connectivity index (χ0n) is 23.5. The number of nitrogens with zero attached hydrogens (tertiary/aromatic N) is 6. The summed E-state index contributed by atoms with van der Waals surface area (Å²) < 4.78 is 6.12. The lowest BCUT2D eigenvalue weighted by atomic mass is 9.98. The summed E-state index contributed by atoms with van der Waals surface area (Å²) in [4.78, 5) is 24.9. The van der Waals surface area contributed by atoms with E-state index in [-0.39, 0.29) is 12.5 Å². The Balaban J connectivity index is 1.44. The average molecular weight is 611 g/mol. The van der Waals surface area contributed by atoms with Gasteiger partial charge >= 0.3 is 6.09 Å². The van der Waals surface area contributed by atoms with Crippen molar-refractivity contribution in [3.8, 4) is 16.8 Å². The molecule has 0 spiro atoms. The minimum atomic E-state index is -0.586. The predicted octanol–water partition coefficient (Wildman–Crippen LogP) is 4.56. The van der Waals surface area contributed by atoms with Crippen LogP contribution in [0.1, 0.15) is 28.6 Å². The van der Waals surface area contributed by atoms with Crippen LogP contribution in [0.2, 0.25) is 5.02 Å². The number of hydrogen-bond acceptors (Lipinski definition) is 9. The molecule has 2 amide bonds. The first-order valence-electron chi connectivity index (χ1n) is 13.4. The zero-order chi connectivity index (χ0) is 30.9. The number of benzene rings is 3. The average Bonchev–Trinajstić information content (AvgIpc) is 3.59. The highest BCUT2D eigenvalue weighted by Crippen LogP contribution is 2.28. The molecule has 1 unspecified atom stereocenters. The summed E-state index contributed by atoms with van der Waals surface area (Å²) in [5.74, 6) is -0.374. The molecule has 0 fully saturated rings. The number of hydrogen-bond donors (Lipinski definition) is 3. The van der Waals surface area contributed by atoms with Gasteiger partial charge in [0.2, 0.25) is 5.91 Å². The van der Waals surface area contributed by atoms with Crippen LogP contribution in [0.4, 0.5) is 10.5 Å². The summed E-state index contributed by atoms with van der Waals surface area (Å²) in [6, 6.07) is 23.1. The number of tetrazole rings is 1. The molecule has 0 radical (unpaired) electrons. The molecule has 0 saturated carbocycles. The van der Waals surface area contributed by atoms with Crippen molar-refractivity contribution in [1.29, 1.82) is 0 Å². The molecular formula is C31H27ClN8O4. The third-order valence-electron chi connectivity index (χ3n) is 6.62. The summed E-state index contributed by atoms with van der Waals surface area (Å²) in [5.41, 5.74) is 5.03. The van der Waals surface area contributed by atoms with Gasteiger partial charge in [0.1, 0.15) is 6.33 Å². The van der Waals surface area contributed by atoms with Gasteiger partial charge in [-0.3, -0.25) is 10.1 Å². The van der Waals surface area contributed by atoms with E-state index in [2.05, 4.69) is 41.1 Å². The number of carbonyl (C=O) groups excluding carboxylic acids is 2. The minimum Gasteiger partial charge on any atom is -0.453 e. The Kier molecular flexibility index (Phi) is 9.64. The number of methoxy groups -OCH3 is 1. The Morgan fingerprint density at radius 1 is 1.05 bits per heavy atom. The van der Waals surface area contributed by atoms with Gasteiger partial charge in [-0.15, -0.1) is 5.10 Å². The summed E-state index contributed by atoms with van der Waals surface area (Å²) in [6.45, 7) is -0.341. The van der Waals surface area contributed by atoms with Crippen LogP contribution in [0.5, 0.6) is 0 Å². The van der Waals surface area contributed by atoms with Crippen LogP contribution >= 0.6 is 11.6 Å². The van der Waals surface area contributed by atoms with Crippen molar-refractivity contribution in [3.05, 3.63) is 119 Å². The maximum Gasteiger partial charge on any atom is 0.411 e. The number of aliphatic hydroxyl groups excluding tert-OH is 1. The van der Waals surface area contributed by atoms with Crippen molar-refractivity contribution in [2.24, 2.45) is 0 Å². The van der Waals surface area contributed by atoms with E-state index < -0.39 is 12.1 Å². The molecule has 44 heavy (non-hydrogen) atoms. The fourth-order valence-electron chi connectivity index (χ4n) is 4.47. The summed E-state index contributed by atoms with van der Waals surface area (Å²) in [6.07, 6.45) is 4.33. The normalized spacial score (nSPS) is 11.7. The lowest BCUT2D eigenvalue weighted by molar-refractivity contribution is -0.117. The Bertz CT molecular complexity index is 1760. The lowest BCUT2D eigenvalue weighted by Crippen LogP contribution is -2.29. The highest BCUT2D eigenvalue weighted by molar-refractivity contribution is 6.30. The molecule has 3 N–H and O–H groups in total.